The molecule has 3 rings (SSSR count). The molecular formula is C19H19ClFNO. The summed E-state index contributed by atoms with van der Waals surface area (Å²) in [6.07, 6.45) is 1.81. The van der Waals surface area contributed by atoms with Gasteiger partial charge in [0.2, 0.25) is 0 Å². The van der Waals surface area contributed by atoms with Gasteiger partial charge in [0, 0.05) is 23.7 Å². The molecule has 1 saturated heterocycles. The van der Waals surface area contributed by atoms with Crippen LogP contribution in [0.1, 0.15) is 40.2 Å². The predicted molar refractivity (Wildman–Crippen MR) is 90.5 cm³/mol. The third kappa shape index (κ3) is 3.56. The highest BCUT2D eigenvalue weighted by Crippen LogP contribution is 2.29. The lowest BCUT2D eigenvalue weighted by Gasteiger charge is -2.32. The Kier molecular flexibility index (Phi) is 4.67. The summed E-state index contributed by atoms with van der Waals surface area (Å²) in [5.41, 5.74) is 2.78. The maximum atomic E-state index is 13.0. The number of amides is 1. The molecule has 0 radical (unpaired) electrons. The Hall–Kier alpha value is -1.87. The van der Waals surface area contributed by atoms with E-state index in [1.165, 1.54) is 12.1 Å². The second-order valence-electron chi connectivity index (χ2n) is 6.08. The molecule has 1 aliphatic rings. The first kappa shape index (κ1) is 16.0. The number of benzene rings is 2. The largest absolute Gasteiger partial charge is 0.339 e. The van der Waals surface area contributed by atoms with Gasteiger partial charge in [-0.25, -0.2) is 4.39 Å². The van der Waals surface area contributed by atoms with E-state index in [1.807, 2.05) is 30.0 Å². The van der Waals surface area contributed by atoms with Gasteiger partial charge >= 0.3 is 0 Å². The topological polar surface area (TPSA) is 20.3 Å². The van der Waals surface area contributed by atoms with E-state index in [1.54, 1.807) is 12.1 Å². The van der Waals surface area contributed by atoms with Gasteiger partial charge in [-0.15, -0.1) is 0 Å². The van der Waals surface area contributed by atoms with Crippen molar-refractivity contribution in [2.45, 2.75) is 25.7 Å². The summed E-state index contributed by atoms with van der Waals surface area (Å²) in [4.78, 5) is 14.6. The van der Waals surface area contributed by atoms with Crippen LogP contribution in [0.5, 0.6) is 0 Å². The fourth-order valence-corrected chi connectivity index (χ4v) is 3.41. The average molecular weight is 332 g/mol. The maximum absolute atomic E-state index is 13.0. The number of hydrogen-bond acceptors (Lipinski definition) is 1. The Morgan fingerprint density at radius 2 is 1.78 bits per heavy atom. The third-order valence-corrected chi connectivity index (χ3v) is 4.78. The lowest BCUT2D eigenvalue weighted by molar-refractivity contribution is 0.0712. The fraction of sp³-hybridized carbons (Fsp3) is 0.316. The monoisotopic (exact) mass is 331 g/mol. The van der Waals surface area contributed by atoms with Crippen molar-refractivity contribution in [2.75, 3.05) is 13.1 Å². The third-order valence-electron chi connectivity index (χ3n) is 4.54. The van der Waals surface area contributed by atoms with Crippen molar-refractivity contribution in [1.29, 1.82) is 0 Å². The Morgan fingerprint density at radius 1 is 1.13 bits per heavy atom. The number of nitrogens with zero attached hydrogens (tertiary/aromatic N) is 1. The van der Waals surface area contributed by atoms with Crippen LogP contribution in [0.3, 0.4) is 0 Å². The van der Waals surface area contributed by atoms with E-state index in [2.05, 4.69) is 0 Å². The minimum absolute atomic E-state index is 0.0664. The summed E-state index contributed by atoms with van der Waals surface area (Å²) in [5, 5.41) is 0.647. The van der Waals surface area contributed by atoms with E-state index in [0.717, 1.165) is 42.6 Å². The number of rotatable bonds is 2. The quantitative estimate of drug-likeness (QED) is 0.773. The highest BCUT2D eigenvalue weighted by Gasteiger charge is 2.25. The first-order valence-corrected chi connectivity index (χ1v) is 8.23. The van der Waals surface area contributed by atoms with E-state index < -0.39 is 0 Å². The van der Waals surface area contributed by atoms with Crippen molar-refractivity contribution in [3.63, 3.8) is 0 Å². The average Bonchev–Trinajstić information content (AvgIpc) is 2.55. The summed E-state index contributed by atoms with van der Waals surface area (Å²) in [7, 11) is 0. The number of hydrogen-bond donors (Lipinski definition) is 0. The van der Waals surface area contributed by atoms with Gasteiger partial charge in [0.1, 0.15) is 5.82 Å². The molecular weight excluding hydrogens is 313 g/mol. The number of carbonyl (C=O) groups excluding carboxylic acids is 1. The van der Waals surface area contributed by atoms with Gasteiger partial charge in [0.25, 0.3) is 5.91 Å². The van der Waals surface area contributed by atoms with Gasteiger partial charge in [-0.3, -0.25) is 4.79 Å². The standard InChI is InChI=1S/C19H19ClFNO/c1-13-12-16(20)4-7-18(13)19(23)22-10-8-15(9-11-22)14-2-5-17(21)6-3-14/h2-7,12,15H,8-11H2,1H3. The zero-order valence-electron chi connectivity index (χ0n) is 13.1. The summed E-state index contributed by atoms with van der Waals surface area (Å²) < 4.78 is 13.0. The molecule has 1 heterocycles. The van der Waals surface area contributed by atoms with Gasteiger partial charge in [-0.05, 0) is 67.1 Å². The van der Waals surface area contributed by atoms with Crippen LogP contribution in [0.2, 0.25) is 5.02 Å². The van der Waals surface area contributed by atoms with Gasteiger partial charge in [-0.1, -0.05) is 23.7 Å². The SMILES string of the molecule is Cc1cc(Cl)ccc1C(=O)N1CCC(c2ccc(F)cc2)CC1. The molecule has 0 N–H and O–H groups in total. The number of halogens is 2. The second kappa shape index (κ2) is 6.71. The van der Waals surface area contributed by atoms with Gasteiger partial charge in [-0.2, -0.15) is 0 Å². The first-order valence-electron chi connectivity index (χ1n) is 7.85. The van der Waals surface area contributed by atoms with Crippen molar-refractivity contribution in [2.24, 2.45) is 0 Å². The smallest absolute Gasteiger partial charge is 0.254 e. The van der Waals surface area contributed by atoms with Crippen LogP contribution < -0.4 is 0 Å². The first-order chi connectivity index (χ1) is 11.0. The molecule has 0 aliphatic carbocycles. The molecule has 120 valence electrons. The number of piperidine rings is 1. The van der Waals surface area contributed by atoms with Crippen LogP contribution in [0.4, 0.5) is 4.39 Å². The van der Waals surface area contributed by atoms with Crippen molar-refractivity contribution in [3.05, 3.63) is 70.0 Å². The maximum Gasteiger partial charge on any atom is 0.254 e. The number of aryl methyl sites for hydroxylation is 1. The molecule has 2 nitrogen and oxygen atoms in total. The molecule has 1 amide bonds. The van der Waals surface area contributed by atoms with Crippen LogP contribution in [0.25, 0.3) is 0 Å². The second-order valence-corrected chi connectivity index (χ2v) is 6.51. The number of likely N-dealkylation sites (tertiary alicyclic amines) is 1. The van der Waals surface area contributed by atoms with E-state index in [0.29, 0.717) is 10.9 Å². The molecule has 0 unspecified atom stereocenters. The molecule has 2 aromatic rings. The molecule has 1 aliphatic heterocycles. The van der Waals surface area contributed by atoms with Gasteiger partial charge < -0.3 is 4.90 Å². The van der Waals surface area contributed by atoms with Crippen LogP contribution in [-0.2, 0) is 0 Å². The molecule has 1 fully saturated rings. The minimum atomic E-state index is -0.209. The van der Waals surface area contributed by atoms with Crippen LogP contribution >= 0.6 is 11.6 Å². The van der Waals surface area contributed by atoms with Gasteiger partial charge in [0.05, 0.1) is 0 Å². The van der Waals surface area contributed by atoms with Crippen LogP contribution in [0.15, 0.2) is 42.5 Å². The summed E-state index contributed by atoms with van der Waals surface area (Å²) >= 11 is 5.95. The molecule has 4 heteroatoms. The number of carbonyl (C=O) groups is 1. The van der Waals surface area contributed by atoms with Gasteiger partial charge in [0.15, 0.2) is 0 Å². The Balaban J connectivity index is 1.66. The lowest BCUT2D eigenvalue weighted by Crippen LogP contribution is -2.38. The van der Waals surface area contributed by atoms with E-state index in [9.17, 15) is 9.18 Å². The summed E-state index contributed by atoms with van der Waals surface area (Å²) in [6.45, 7) is 3.36. The molecule has 0 aromatic heterocycles. The molecule has 0 atom stereocenters. The molecule has 2 aromatic carbocycles. The van der Waals surface area contributed by atoms with Crippen molar-refractivity contribution < 1.29 is 9.18 Å². The van der Waals surface area contributed by atoms with Crippen molar-refractivity contribution >= 4 is 17.5 Å². The fourth-order valence-electron chi connectivity index (χ4n) is 3.19. The van der Waals surface area contributed by atoms with Crippen LogP contribution in [-0.4, -0.2) is 23.9 Å². The zero-order valence-corrected chi connectivity index (χ0v) is 13.8. The van der Waals surface area contributed by atoms with E-state index in [-0.39, 0.29) is 11.7 Å². The zero-order chi connectivity index (χ0) is 16.4. The van der Waals surface area contributed by atoms with E-state index in [4.69, 9.17) is 11.6 Å². The summed E-state index contributed by atoms with van der Waals surface area (Å²) in [6, 6.07) is 12.1. The van der Waals surface area contributed by atoms with Crippen molar-refractivity contribution in [3.8, 4) is 0 Å². The highest BCUT2D eigenvalue weighted by molar-refractivity contribution is 6.30. The Labute approximate surface area is 140 Å². The highest BCUT2D eigenvalue weighted by atomic mass is 35.5. The normalized spacial score (nSPS) is 15.7. The Morgan fingerprint density at radius 3 is 2.39 bits per heavy atom. The summed E-state index contributed by atoms with van der Waals surface area (Å²) in [5.74, 6) is 0.252. The Bertz CT molecular complexity index is 706. The predicted octanol–water partition coefficient (Wildman–Crippen LogP) is 4.81. The molecule has 23 heavy (non-hydrogen) atoms. The van der Waals surface area contributed by atoms with E-state index >= 15 is 0 Å². The van der Waals surface area contributed by atoms with Crippen LogP contribution in [0, 0.1) is 12.7 Å². The molecule has 0 bridgehead atoms. The van der Waals surface area contributed by atoms with Crippen molar-refractivity contribution in [1.82, 2.24) is 4.90 Å². The minimum Gasteiger partial charge on any atom is -0.339 e. The molecule has 0 spiro atoms. The molecule has 0 saturated carbocycles. The lowest BCUT2D eigenvalue weighted by atomic mass is 9.89.